The van der Waals surface area contributed by atoms with Gasteiger partial charge in [0.2, 0.25) is 0 Å². The standard InChI is InChI=1S/Ba.4Ca. The Balaban J connectivity index is 0. The summed E-state index contributed by atoms with van der Waals surface area (Å²) in [6, 6.07) is 0. The van der Waals surface area contributed by atoms with Gasteiger partial charge < -0.3 is 0 Å². The molecule has 0 rings (SSSR count). The van der Waals surface area contributed by atoms with Crippen molar-refractivity contribution in [3.8, 4) is 0 Å². The minimum absolute atomic E-state index is 0. The van der Waals surface area contributed by atoms with Crippen LogP contribution in [0, 0.1) is 0 Å². The molecule has 0 aromatic rings. The van der Waals surface area contributed by atoms with Crippen LogP contribution in [0.3, 0.4) is 0 Å². The van der Waals surface area contributed by atoms with E-state index in [0.29, 0.717) is 0 Å². The molecule has 0 aliphatic carbocycles. The van der Waals surface area contributed by atoms with Gasteiger partial charge in [-0.25, -0.2) is 0 Å². The van der Waals surface area contributed by atoms with E-state index >= 15 is 0 Å². The van der Waals surface area contributed by atoms with Crippen molar-refractivity contribution in [2.75, 3.05) is 0 Å². The smallest absolute Gasteiger partial charge is 0 e. The van der Waals surface area contributed by atoms with Crippen LogP contribution in [0.25, 0.3) is 0 Å². The van der Waals surface area contributed by atoms with Gasteiger partial charge in [-0.2, -0.15) is 0 Å². The van der Waals surface area contributed by atoms with Crippen molar-refractivity contribution in [2.24, 2.45) is 0 Å². The van der Waals surface area contributed by atoms with Gasteiger partial charge in [0.15, 0.2) is 0 Å². The van der Waals surface area contributed by atoms with E-state index in [1.54, 1.807) is 0 Å². The molecule has 10 radical (unpaired) electrons. The molecule has 0 saturated heterocycles. The van der Waals surface area contributed by atoms with Gasteiger partial charge in [0, 0.05) is 200 Å². The summed E-state index contributed by atoms with van der Waals surface area (Å²) in [5.41, 5.74) is 0. The fourth-order valence-electron chi connectivity index (χ4n) is 0. The average molecular weight is 298 g/mol. The first kappa shape index (κ1) is 29.9. The molecular weight excluding hydrogens is 298 g/mol. The van der Waals surface area contributed by atoms with Crippen LogP contribution in [0.5, 0.6) is 0 Å². The summed E-state index contributed by atoms with van der Waals surface area (Å²) in [6.07, 6.45) is 0. The van der Waals surface area contributed by atoms with E-state index in [4.69, 9.17) is 0 Å². The zero-order valence-electron chi connectivity index (χ0n) is 3.54. The molecule has 0 unspecified atom stereocenters. The fraction of sp³-hybridized carbons (Fsp3) is 0. The molecule has 0 N–H and O–H groups in total. The van der Waals surface area contributed by atoms with Crippen molar-refractivity contribution in [2.45, 2.75) is 0 Å². The predicted molar refractivity (Wildman–Crippen MR) is 28.8 cm³/mol. The Bertz CT molecular complexity index is 3.61. The van der Waals surface area contributed by atoms with Crippen LogP contribution in [-0.2, 0) is 0 Å². The Labute approximate surface area is 192 Å². The van der Waals surface area contributed by atoms with Crippen LogP contribution in [0.15, 0.2) is 0 Å². The zero-order valence-corrected chi connectivity index (χ0v) is 16.8. The van der Waals surface area contributed by atoms with E-state index in [1.807, 2.05) is 0 Å². The summed E-state index contributed by atoms with van der Waals surface area (Å²) in [4.78, 5) is 0. The third-order valence-electron chi connectivity index (χ3n) is 0. The summed E-state index contributed by atoms with van der Waals surface area (Å²) in [7, 11) is 0. The first-order valence-corrected chi connectivity index (χ1v) is 0. The van der Waals surface area contributed by atoms with E-state index in [9.17, 15) is 0 Å². The Morgan fingerprint density at radius 1 is 0.400 bits per heavy atom. The normalized spacial score (nSPS) is 0. The van der Waals surface area contributed by atoms with Crippen molar-refractivity contribution in [1.29, 1.82) is 0 Å². The quantitative estimate of drug-likeness (QED) is 0.458. The molecule has 0 aliphatic rings. The third-order valence-corrected chi connectivity index (χ3v) is 0. The molecule has 0 bridgehead atoms. The molecule has 0 aliphatic heterocycles. The van der Waals surface area contributed by atoms with Gasteiger partial charge in [-0.05, 0) is 0 Å². The molecule has 0 heterocycles. The summed E-state index contributed by atoms with van der Waals surface area (Å²) in [5.74, 6) is 0. The molecule has 0 aromatic carbocycles. The SMILES string of the molecule is [Ba].[Ca].[Ca].[Ca].[Ca]. The van der Waals surface area contributed by atoms with Crippen LogP contribution in [0.2, 0.25) is 0 Å². The maximum Gasteiger partial charge on any atom is 0 e. The molecule has 5 heteroatoms. The molecule has 0 spiro atoms. The predicted octanol–water partition coefficient (Wildman–Crippen LogP) is -1.90. The largest absolute Gasteiger partial charge is 0 e. The second-order valence-corrected chi connectivity index (χ2v) is 0. The Morgan fingerprint density at radius 2 is 0.400 bits per heavy atom. The Kier molecular flexibility index (Phi) is 134. The van der Waals surface area contributed by atoms with Gasteiger partial charge in [0.1, 0.15) is 0 Å². The van der Waals surface area contributed by atoms with Gasteiger partial charge in [0.05, 0.1) is 0 Å². The van der Waals surface area contributed by atoms with E-state index in [1.165, 1.54) is 0 Å². The van der Waals surface area contributed by atoms with Gasteiger partial charge in [-0.3, -0.25) is 0 Å². The monoisotopic (exact) mass is 298 g/mol. The molecule has 0 fully saturated rings. The van der Waals surface area contributed by atoms with Crippen LogP contribution < -0.4 is 0 Å². The van der Waals surface area contributed by atoms with Crippen LogP contribution >= 0.6 is 0 Å². The van der Waals surface area contributed by atoms with Crippen LogP contribution in [-0.4, -0.2) is 200 Å². The zero-order chi connectivity index (χ0) is 0. The number of rotatable bonds is 0. The summed E-state index contributed by atoms with van der Waals surface area (Å²) < 4.78 is 0. The van der Waals surface area contributed by atoms with Gasteiger partial charge in [-0.1, -0.05) is 0 Å². The molecule has 0 aromatic heterocycles. The van der Waals surface area contributed by atoms with Crippen molar-refractivity contribution in [3.05, 3.63) is 0 Å². The maximum atomic E-state index is 0. The van der Waals surface area contributed by atoms with Gasteiger partial charge in [0.25, 0.3) is 0 Å². The van der Waals surface area contributed by atoms with Crippen LogP contribution in [0.1, 0.15) is 0 Å². The molecule has 0 saturated carbocycles. The van der Waals surface area contributed by atoms with Crippen molar-refractivity contribution in [1.82, 2.24) is 0 Å². The average Bonchev–Trinajstić information content (AvgIpc) is 0. The second-order valence-electron chi connectivity index (χ2n) is 0. The number of hydrogen-bond donors (Lipinski definition) is 0. The van der Waals surface area contributed by atoms with E-state index in [-0.39, 0.29) is 200 Å². The van der Waals surface area contributed by atoms with Crippen LogP contribution in [0.4, 0.5) is 0 Å². The summed E-state index contributed by atoms with van der Waals surface area (Å²) in [5, 5.41) is 0. The van der Waals surface area contributed by atoms with Gasteiger partial charge >= 0.3 is 0 Å². The minimum Gasteiger partial charge on any atom is 0 e. The summed E-state index contributed by atoms with van der Waals surface area (Å²) >= 11 is 0. The van der Waals surface area contributed by atoms with E-state index in [0.717, 1.165) is 0 Å². The van der Waals surface area contributed by atoms with Gasteiger partial charge in [-0.15, -0.1) is 0 Å². The van der Waals surface area contributed by atoms with Crippen molar-refractivity contribution in [3.63, 3.8) is 0 Å². The first-order chi connectivity index (χ1) is 0. The second kappa shape index (κ2) is 22.4. The topological polar surface area (TPSA) is 0 Å². The fourth-order valence-corrected chi connectivity index (χ4v) is 0. The molecule has 0 amide bonds. The molecule has 0 nitrogen and oxygen atoms in total. The van der Waals surface area contributed by atoms with E-state index < -0.39 is 0 Å². The third kappa shape index (κ3) is 18.0. The van der Waals surface area contributed by atoms with Crippen molar-refractivity contribution < 1.29 is 0 Å². The van der Waals surface area contributed by atoms with Crippen molar-refractivity contribution >= 4 is 200 Å². The minimum atomic E-state index is 0. The molecule has 5 heavy (non-hydrogen) atoms. The van der Waals surface area contributed by atoms with E-state index in [2.05, 4.69) is 0 Å². The Morgan fingerprint density at radius 3 is 0.400 bits per heavy atom. The maximum absolute atomic E-state index is 0. The summed E-state index contributed by atoms with van der Waals surface area (Å²) in [6.45, 7) is 0. The Hall–Kier alpha value is 6.61. The molecular formula is BaCa4. The number of hydrogen-bond acceptors (Lipinski definition) is 0. The first-order valence-electron chi connectivity index (χ1n) is 0. The molecule has 0 atom stereocenters. The molecule has 10 valence electrons.